The summed E-state index contributed by atoms with van der Waals surface area (Å²) in [5.74, 6) is 1.65. The maximum atomic E-state index is 12.8. The first kappa shape index (κ1) is 16.8. The Bertz CT molecular complexity index is 516. The molecule has 2 aliphatic rings. The third-order valence-electron chi connectivity index (χ3n) is 5.48. The van der Waals surface area contributed by atoms with Crippen molar-refractivity contribution in [1.29, 1.82) is 0 Å². The fourth-order valence-corrected chi connectivity index (χ4v) is 4.47. The Kier molecular flexibility index (Phi) is 3.97. The summed E-state index contributed by atoms with van der Waals surface area (Å²) in [6, 6.07) is 0. The van der Waals surface area contributed by atoms with E-state index in [0.717, 1.165) is 12.8 Å². The van der Waals surface area contributed by atoms with Crippen LogP contribution < -0.4 is 0 Å². The summed E-state index contributed by atoms with van der Waals surface area (Å²) in [5.41, 5.74) is 0.0835. The summed E-state index contributed by atoms with van der Waals surface area (Å²) in [4.78, 5) is 14.6. The van der Waals surface area contributed by atoms with Crippen LogP contribution in [0.15, 0.2) is 0 Å². The number of hydrogen-bond donors (Lipinski definition) is 0. The average molecular weight is 315 g/mol. The standard InChI is InChI=1S/C16H29NO3S/c1-15(2,3)17(7-8-21(6,19)20)14(18)11-9-12-13(10-11)16(12,4)5/h11-13H,7-10H2,1-6H3/t11?,12-,13+. The molecule has 0 spiro atoms. The lowest BCUT2D eigenvalue weighted by Gasteiger charge is -2.38. The smallest absolute Gasteiger partial charge is 0.226 e. The van der Waals surface area contributed by atoms with Crippen LogP contribution in [0.3, 0.4) is 0 Å². The predicted molar refractivity (Wildman–Crippen MR) is 84.7 cm³/mol. The number of carbonyl (C=O) groups excluding carboxylic acids is 1. The van der Waals surface area contributed by atoms with E-state index in [9.17, 15) is 13.2 Å². The molecule has 2 fully saturated rings. The normalized spacial score (nSPS) is 30.9. The number of carbonyl (C=O) groups is 1. The molecule has 0 radical (unpaired) electrons. The molecule has 4 nitrogen and oxygen atoms in total. The van der Waals surface area contributed by atoms with Gasteiger partial charge in [0.1, 0.15) is 9.84 Å². The van der Waals surface area contributed by atoms with Gasteiger partial charge in [-0.2, -0.15) is 0 Å². The molecule has 5 heteroatoms. The highest BCUT2D eigenvalue weighted by Crippen LogP contribution is 2.68. The second kappa shape index (κ2) is 4.97. The molecule has 1 amide bonds. The van der Waals surface area contributed by atoms with E-state index in [1.54, 1.807) is 4.90 Å². The SMILES string of the molecule is CC1(C)[C@@H]2CC(C(=O)N(CCS(C)(=O)=O)C(C)(C)C)C[C@@H]21. The Morgan fingerprint density at radius 3 is 2.05 bits per heavy atom. The molecule has 0 aliphatic heterocycles. The molecule has 0 aromatic heterocycles. The van der Waals surface area contributed by atoms with Crippen LogP contribution in [-0.2, 0) is 14.6 Å². The first-order valence-corrected chi connectivity index (χ1v) is 9.89. The van der Waals surface area contributed by atoms with Gasteiger partial charge in [0.25, 0.3) is 0 Å². The highest BCUT2D eigenvalue weighted by Gasteiger charge is 2.63. The van der Waals surface area contributed by atoms with Crippen LogP contribution in [0.1, 0.15) is 47.5 Å². The molecule has 0 N–H and O–H groups in total. The molecule has 3 atom stereocenters. The van der Waals surface area contributed by atoms with Gasteiger partial charge in [0.05, 0.1) is 5.75 Å². The van der Waals surface area contributed by atoms with Crippen LogP contribution in [0.25, 0.3) is 0 Å². The average Bonchev–Trinajstić information content (AvgIpc) is 2.67. The van der Waals surface area contributed by atoms with Gasteiger partial charge in [0.2, 0.25) is 5.91 Å². The molecular formula is C16H29NO3S. The van der Waals surface area contributed by atoms with Crippen molar-refractivity contribution in [2.24, 2.45) is 23.2 Å². The van der Waals surface area contributed by atoms with Crippen LogP contribution >= 0.6 is 0 Å². The molecule has 2 rings (SSSR count). The molecule has 0 bridgehead atoms. The second-order valence-electron chi connectivity index (χ2n) is 8.49. The van der Waals surface area contributed by atoms with Crippen molar-refractivity contribution in [3.8, 4) is 0 Å². The molecule has 0 aromatic carbocycles. The summed E-state index contributed by atoms with van der Waals surface area (Å²) in [6.07, 6.45) is 3.18. The van der Waals surface area contributed by atoms with Gasteiger partial charge in [-0.15, -0.1) is 0 Å². The fraction of sp³-hybridized carbons (Fsp3) is 0.938. The largest absolute Gasteiger partial charge is 0.337 e. The topological polar surface area (TPSA) is 54.5 Å². The van der Waals surface area contributed by atoms with E-state index in [1.165, 1.54) is 6.26 Å². The number of sulfone groups is 1. The second-order valence-corrected chi connectivity index (χ2v) is 10.8. The first-order chi connectivity index (χ1) is 9.34. The summed E-state index contributed by atoms with van der Waals surface area (Å²) < 4.78 is 22.8. The van der Waals surface area contributed by atoms with Gasteiger partial charge in [-0.05, 0) is 50.9 Å². The third-order valence-corrected chi connectivity index (χ3v) is 6.40. The molecular weight excluding hydrogens is 286 g/mol. The molecule has 0 saturated heterocycles. The Hall–Kier alpha value is -0.580. The number of fused-ring (bicyclic) bond motifs is 1. The summed E-state index contributed by atoms with van der Waals surface area (Å²) in [5, 5.41) is 0. The van der Waals surface area contributed by atoms with Gasteiger partial charge in [-0.1, -0.05) is 13.8 Å². The minimum Gasteiger partial charge on any atom is -0.337 e. The summed E-state index contributed by atoms with van der Waals surface area (Å²) in [6.45, 7) is 10.8. The predicted octanol–water partition coefficient (Wildman–Crippen LogP) is 2.34. The molecule has 21 heavy (non-hydrogen) atoms. The van der Waals surface area contributed by atoms with Crippen LogP contribution in [0, 0.1) is 23.2 Å². The third kappa shape index (κ3) is 3.43. The van der Waals surface area contributed by atoms with Crippen LogP contribution in [0.4, 0.5) is 0 Å². The molecule has 0 aromatic rings. The Morgan fingerprint density at radius 1 is 1.19 bits per heavy atom. The zero-order valence-corrected chi connectivity index (χ0v) is 15.0. The van der Waals surface area contributed by atoms with E-state index in [-0.39, 0.29) is 23.1 Å². The molecule has 2 saturated carbocycles. The first-order valence-electron chi connectivity index (χ1n) is 7.83. The summed E-state index contributed by atoms with van der Waals surface area (Å²) in [7, 11) is -3.05. The van der Waals surface area contributed by atoms with Crippen molar-refractivity contribution in [3.05, 3.63) is 0 Å². The number of amides is 1. The zero-order chi connectivity index (χ0) is 16.2. The van der Waals surface area contributed by atoms with Crippen molar-refractivity contribution < 1.29 is 13.2 Å². The van der Waals surface area contributed by atoms with Crippen LogP contribution in [0.2, 0.25) is 0 Å². The van der Waals surface area contributed by atoms with E-state index in [4.69, 9.17) is 0 Å². The molecule has 122 valence electrons. The van der Waals surface area contributed by atoms with Gasteiger partial charge in [0, 0.05) is 24.3 Å². The molecule has 0 heterocycles. The van der Waals surface area contributed by atoms with Gasteiger partial charge < -0.3 is 4.90 Å². The maximum Gasteiger partial charge on any atom is 0.226 e. The zero-order valence-electron chi connectivity index (χ0n) is 14.1. The van der Waals surface area contributed by atoms with Crippen LogP contribution in [-0.4, -0.2) is 43.3 Å². The quantitative estimate of drug-likeness (QED) is 0.800. The van der Waals surface area contributed by atoms with E-state index in [0.29, 0.717) is 23.8 Å². The number of hydrogen-bond acceptors (Lipinski definition) is 3. The Balaban J connectivity index is 2.03. The maximum absolute atomic E-state index is 12.8. The van der Waals surface area contributed by atoms with E-state index in [2.05, 4.69) is 13.8 Å². The van der Waals surface area contributed by atoms with E-state index < -0.39 is 9.84 Å². The van der Waals surface area contributed by atoms with Crippen molar-refractivity contribution in [1.82, 2.24) is 4.90 Å². The van der Waals surface area contributed by atoms with Crippen molar-refractivity contribution >= 4 is 15.7 Å². The minimum absolute atomic E-state index is 0.0427. The highest BCUT2D eigenvalue weighted by molar-refractivity contribution is 7.90. The Morgan fingerprint density at radius 2 is 1.67 bits per heavy atom. The fourth-order valence-electron chi connectivity index (χ4n) is 3.96. The number of rotatable bonds is 4. The lowest BCUT2D eigenvalue weighted by Crippen LogP contribution is -2.50. The van der Waals surface area contributed by atoms with Crippen molar-refractivity contribution in [2.45, 2.75) is 53.0 Å². The molecule has 1 unspecified atom stereocenters. The number of nitrogens with zero attached hydrogens (tertiary/aromatic N) is 1. The Labute approximate surface area is 129 Å². The van der Waals surface area contributed by atoms with E-state index >= 15 is 0 Å². The van der Waals surface area contributed by atoms with Crippen molar-refractivity contribution in [3.63, 3.8) is 0 Å². The van der Waals surface area contributed by atoms with Crippen molar-refractivity contribution in [2.75, 3.05) is 18.6 Å². The lowest BCUT2D eigenvalue weighted by molar-refractivity contribution is -0.140. The lowest BCUT2D eigenvalue weighted by atomic mass is 9.91. The highest BCUT2D eigenvalue weighted by atomic mass is 32.2. The monoisotopic (exact) mass is 315 g/mol. The van der Waals surface area contributed by atoms with Crippen LogP contribution in [0.5, 0.6) is 0 Å². The van der Waals surface area contributed by atoms with Gasteiger partial charge >= 0.3 is 0 Å². The van der Waals surface area contributed by atoms with Gasteiger partial charge in [0.15, 0.2) is 0 Å². The van der Waals surface area contributed by atoms with E-state index in [1.807, 2.05) is 20.8 Å². The van der Waals surface area contributed by atoms with Gasteiger partial charge in [-0.25, -0.2) is 8.42 Å². The van der Waals surface area contributed by atoms with Gasteiger partial charge in [-0.3, -0.25) is 4.79 Å². The summed E-state index contributed by atoms with van der Waals surface area (Å²) >= 11 is 0. The molecule has 2 aliphatic carbocycles. The minimum atomic E-state index is -3.05.